The van der Waals surface area contributed by atoms with Gasteiger partial charge in [-0.05, 0) is 48.6 Å². The molecule has 0 bridgehead atoms. The summed E-state index contributed by atoms with van der Waals surface area (Å²) in [5.74, 6) is 1.08. The number of ether oxygens (including phenoxy) is 1. The van der Waals surface area contributed by atoms with Crippen molar-refractivity contribution in [2.45, 2.75) is 25.9 Å². The standard InChI is InChI=1S/C22H23N3O2S/c1-16(25-11-9-20-18(15-25)10-12-28-20)13-24-22(26)17-7-8-21(23-14-17)27-19-5-3-2-4-6-19/h2-8,10,12,14,16H,9,11,13,15H2,1H3,(H,24,26)/t16-/m0/s1. The van der Waals surface area contributed by atoms with Crippen LogP contribution in [0.3, 0.4) is 0 Å². The van der Waals surface area contributed by atoms with Crippen LogP contribution in [0.5, 0.6) is 11.6 Å². The monoisotopic (exact) mass is 393 g/mol. The maximum atomic E-state index is 12.4. The van der Waals surface area contributed by atoms with E-state index >= 15 is 0 Å². The van der Waals surface area contributed by atoms with Gasteiger partial charge in [0.1, 0.15) is 5.75 Å². The fourth-order valence-corrected chi connectivity index (χ4v) is 4.19. The second-order valence-electron chi connectivity index (χ2n) is 6.95. The van der Waals surface area contributed by atoms with Crippen LogP contribution in [0.4, 0.5) is 0 Å². The van der Waals surface area contributed by atoms with Crippen molar-refractivity contribution in [3.8, 4) is 11.6 Å². The number of carbonyl (C=O) groups is 1. The predicted octanol–water partition coefficient (Wildman–Crippen LogP) is 4.11. The highest BCUT2D eigenvalue weighted by Crippen LogP contribution is 2.25. The summed E-state index contributed by atoms with van der Waals surface area (Å²) in [6, 6.07) is 15.4. The van der Waals surface area contributed by atoms with Gasteiger partial charge in [-0.25, -0.2) is 4.98 Å². The number of hydrogen-bond donors (Lipinski definition) is 1. The number of para-hydroxylation sites is 1. The summed E-state index contributed by atoms with van der Waals surface area (Å²) in [5.41, 5.74) is 1.96. The maximum absolute atomic E-state index is 12.4. The molecule has 2 aromatic heterocycles. The first-order chi connectivity index (χ1) is 13.7. The van der Waals surface area contributed by atoms with Crippen LogP contribution < -0.4 is 10.1 Å². The number of benzene rings is 1. The summed E-state index contributed by atoms with van der Waals surface area (Å²) in [4.78, 5) is 20.6. The van der Waals surface area contributed by atoms with Gasteiger partial charge in [0.2, 0.25) is 5.88 Å². The molecule has 0 fully saturated rings. The smallest absolute Gasteiger partial charge is 0.252 e. The lowest BCUT2D eigenvalue weighted by atomic mass is 10.1. The van der Waals surface area contributed by atoms with Gasteiger partial charge in [-0.3, -0.25) is 9.69 Å². The van der Waals surface area contributed by atoms with Crippen molar-refractivity contribution in [3.05, 3.63) is 76.1 Å². The zero-order valence-corrected chi connectivity index (χ0v) is 16.6. The molecule has 144 valence electrons. The van der Waals surface area contributed by atoms with Crippen LogP contribution in [0, 0.1) is 0 Å². The van der Waals surface area contributed by atoms with Crippen LogP contribution in [-0.2, 0) is 13.0 Å². The first kappa shape index (κ1) is 18.7. The number of thiophene rings is 1. The van der Waals surface area contributed by atoms with Crippen LogP contribution in [0.1, 0.15) is 27.7 Å². The molecule has 1 aliphatic heterocycles. The highest BCUT2D eigenvalue weighted by atomic mass is 32.1. The number of rotatable bonds is 6. The molecule has 6 heteroatoms. The minimum atomic E-state index is -0.112. The fraction of sp³-hybridized carbons (Fsp3) is 0.273. The van der Waals surface area contributed by atoms with Gasteiger partial charge in [0.25, 0.3) is 5.91 Å². The average Bonchev–Trinajstić information content (AvgIpc) is 3.21. The van der Waals surface area contributed by atoms with Crippen LogP contribution in [-0.4, -0.2) is 34.9 Å². The number of aromatic nitrogens is 1. The third-order valence-electron chi connectivity index (χ3n) is 4.98. The minimum Gasteiger partial charge on any atom is -0.439 e. The summed E-state index contributed by atoms with van der Waals surface area (Å²) in [6.07, 6.45) is 2.65. The van der Waals surface area contributed by atoms with Gasteiger partial charge in [0.15, 0.2) is 0 Å². The Kier molecular flexibility index (Phi) is 5.69. The Labute approximate surface area is 169 Å². The maximum Gasteiger partial charge on any atom is 0.252 e. The first-order valence-electron chi connectivity index (χ1n) is 9.45. The number of carbonyl (C=O) groups excluding carboxylic acids is 1. The molecule has 5 nitrogen and oxygen atoms in total. The van der Waals surface area contributed by atoms with E-state index in [1.807, 2.05) is 41.7 Å². The molecule has 0 unspecified atom stereocenters. The van der Waals surface area contributed by atoms with E-state index in [1.54, 1.807) is 18.3 Å². The van der Waals surface area contributed by atoms with Gasteiger partial charge in [-0.15, -0.1) is 11.3 Å². The third-order valence-corrected chi connectivity index (χ3v) is 6.01. The molecule has 3 aromatic rings. The van der Waals surface area contributed by atoms with E-state index in [4.69, 9.17) is 4.74 Å². The van der Waals surface area contributed by atoms with E-state index < -0.39 is 0 Å². The second-order valence-corrected chi connectivity index (χ2v) is 7.95. The lowest BCUT2D eigenvalue weighted by molar-refractivity contribution is 0.0932. The molecular weight excluding hydrogens is 370 g/mol. The molecule has 0 saturated heterocycles. The fourth-order valence-electron chi connectivity index (χ4n) is 3.30. The first-order valence-corrected chi connectivity index (χ1v) is 10.3. The van der Waals surface area contributed by atoms with Crippen molar-refractivity contribution >= 4 is 17.2 Å². The molecule has 3 heterocycles. The van der Waals surface area contributed by atoms with E-state index in [-0.39, 0.29) is 11.9 Å². The summed E-state index contributed by atoms with van der Waals surface area (Å²) < 4.78 is 5.66. The van der Waals surface area contributed by atoms with Crippen molar-refractivity contribution in [2.75, 3.05) is 13.1 Å². The van der Waals surface area contributed by atoms with E-state index in [9.17, 15) is 4.79 Å². The molecule has 1 atom stereocenters. The highest BCUT2D eigenvalue weighted by Gasteiger charge is 2.21. The van der Waals surface area contributed by atoms with Gasteiger partial charge in [-0.1, -0.05) is 18.2 Å². The third kappa shape index (κ3) is 4.40. The molecule has 4 rings (SSSR count). The minimum absolute atomic E-state index is 0.112. The predicted molar refractivity (Wildman–Crippen MR) is 111 cm³/mol. The van der Waals surface area contributed by atoms with E-state index in [2.05, 4.69) is 33.6 Å². The SMILES string of the molecule is C[C@@H](CNC(=O)c1ccc(Oc2ccccc2)nc1)N1CCc2sccc2C1. The topological polar surface area (TPSA) is 54.5 Å². The van der Waals surface area contributed by atoms with Crippen LogP contribution in [0.15, 0.2) is 60.1 Å². The van der Waals surface area contributed by atoms with Crippen molar-refractivity contribution in [3.63, 3.8) is 0 Å². The van der Waals surface area contributed by atoms with Crippen molar-refractivity contribution in [2.24, 2.45) is 0 Å². The molecule has 28 heavy (non-hydrogen) atoms. The number of amides is 1. The Morgan fingerprint density at radius 2 is 2.11 bits per heavy atom. The average molecular weight is 394 g/mol. The molecule has 1 amide bonds. The number of nitrogens with zero attached hydrogens (tertiary/aromatic N) is 2. The molecular formula is C22H23N3O2S. The Morgan fingerprint density at radius 1 is 1.25 bits per heavy atom. The molecule has 0 spiro atoms. The summed E-state index contributed by atoms with van der Waals surface area (Å²) in [7, 11) is 0. The molecule has 0 saturated carbocycles. The number of pyridine rings is 1. The van der Waals surface area contributed by atoms with Gasteiger partial charge in [0, 0.05) is 42.8 Å². The Morgan fingerprint density at radius 3 is 2.89 bits per heavy atom. The highest BCUT2D eigenvalue weighted by molar-refractivity contribution is 7.10. The van der Waals surface area contributed by atoms with Crippen molar-refractivity contribution in [1.29, 1.82) is 0 Å². The van der Waals surface area contributed by atoms with Crippen molar-refractivity contribution in [1.82, 2.24) is 15.2 Å². The van der Waals surface area contributed by atoms with Gasteiger partial charge < -0.3 is 10.1 Å². The van der Waals surface area contributed by atoms with Gasteiger partial charge in [-0.2, -0.15) is 0 Å². The van der Waals surface area contributed by atoms with E-state index in [0.29, 0.717) is 18.0 Å². The summed E-state index contributed by atoms with van der Waals surface area (Å²) in [6.45, 7) is 4.77. The largest absolute Gasteiger partial charge is 0.439 e. The molecule has 1 aliphatic rings. The summed E-state index contributed by atoms with van der Waals surface area (Å²) in [5, 5.41) is 5.19. The zero-order chi connectivity index (χ0) is 19.3. The molecule has 1 aromatic carbocycles. The Balaban J connectivity index is 1.29. The Hall–Kier alpha value is -2.70. The second kappa shape index (κ2) is 8.54. The van der Waals surface area contributed by atoms with Crippen LogP contribution in [0.25, 0.3) is 0 Å². The quantitative estimate of drug-likeness (QED) is 0.685. The number of fused-ring (bicyclic) bond motifs is 1. The molecule has 0 aliphatic carbocycles. The zero-order valence-electron chi connectivity index (χ0n) is 15.8. The number of nitrogens with one attached hydrogen (secondary N) is 1. The van der Waals surface area contributed by atoms with Crippen LogP contribution >= 0.6 is 11.3 Å². The van der Waals surface area contributed by atoms with Gasteiger partial charge in [0.05, 0.1) is 5.56 Å². The summed E-state index contributed by atoms with van der Waals surface area (Å²) >= 11 is 1.84. The lowest BCUT2D eigenvalue weighted by Gasteiger charge is -2.32. The lowest BCUT2D eigenvalue weighted by Crippen LogP contribution is -2.44. The number of hydrogen-bond acceptors (Lipinski definition) is 5. The molecule has 0 radical (unpaired) electrons. The van der Waals surface area contributed by atoms with Crippen molar-refractivity contribution < 1.29 is 9.53 Å². The molecule has 1 N–H and O–H groups in total. The van der Waals surface area contributed by atoms with E-state index in [1.165, 1.54) is 10.4 Å². The normalized spacial score (nSPS) is 14.9. The van der Waals surface area contributed by atoms with Gasteiger partial charge >= 0.3 is 0 Å². The van der Waals surface area contributed by atoms with E-state index in [0.717, 1.165) is 25.3 Å². The van der Waals surface area contributed by atoms with Crippen LogP contribution in [0.2, 0.25) is 0 Å². The Bertz CT molecular complexity index is 924.